The summed E-state index contributed by atoms with van der Waals surface area (Å²) in [5, 5.41) is 4.09. The monoisotopic (exact) mass is 223 g/mol. The van der Waals surface area contributed by atoms with Gasteiger partial charge in [-0.05, 0) is 19.8 Å². The summed E-state index contributed by atoms with van der Waals surface area (Å²) in [6.45, 7) is 3.59. The minimum Gasteiger partial charge on any atom is -0.382 e. The maximum absolute atomic E-state index is 11.9. The number of ether oxygens (including phenoxy) is 1. The number of hydrogen-bond donors (Lipinski definition) is 1. The van der Waals surface area contributed by atoms with Gasteiger partial charge in [-0.15, -0.1) is 0 Å². The normalized spacial score (nSPS) is 17.6. The van der Waals surface area contributed by atoms with E-state index in [1.807, 2.05) is 13.1 Å². The zero-order valence-corrected chi connectivity index (χ0v) is 9.48. The summed E-state index contributed by atoms with van der Waals surface area (Å²) >= 11 is 0. The van der Waals surface area contributed by atoms with Gasteiger partial charge in [0.25, 0.3) is 0 Å². The maximum Gasteiger partial charge on any atom is 0.157 e. The Labute approximate surface area is 94.6 Å². The van der Waals surface area contributed by atoms with Crippen molar-refractivity contribution in [1.29, 1.82) is 0 Å². The van der Waals surface area contributed by atoms with Gasteiger partial charge in [-0.3, -0.25) is 9.48 Å². The van der Waals surface area contributed by atoms with Crippen molar-refractivity contribution in [2.45, 2.75) is 26.3 Å². The summed E-state index contributed by atoms with van der Waals surface area (Å²) in [5.74, 6) is 0.852. The van der Waals surface area contributed by atoms with Crippen LogP contribution in [-0.2, 0) is 16.1 Å². The van der Waals surface area contributed by atoms with Gasteiger partial charge in [-0.25, -0.2) is 0 Å². The van der Waals surface area contributed by atoms with Gasteiger partial charge in [0, 0.05) is 30.9 Å². The van der Waals surface area contributed by atoms with E-state index in [0.717, 1.165) is 18.4 Å². The third kappa shape index (κ3) is 2.41. The number of nitrogen functional groups attached to an aromatic ring is 1. The summed E-state index contributed by atoms with van der Waals surface area (Å²) in [7, 11) is 0. The second kappa shape index (κ2) is 4.65. The van der Waals surface area contributed by atoms with E-state index in [2.05, 4.69) is 5.10 Å². The molecule has 1 fully saturated rings. The number of hydrogen-bond acceptors (Lipinski definition) is 4. The van der Waals surface area contributed by atoms with Crippen LogP contribution in [0.5, 0.6) is 0 Å². The Hall–Kier alpha value is -1.36. The third-order valence-corrected chi connectivity index (χ3v) is 2.98. The standard InChI is InChI=1S/C11H17N3O2/c1-8-6-14(13-11(8)12)7-10(15)9-2-4-16-5-3-9/h6,9H,2-5,7H2,1H3,(H2,12,13). The average molecular weight is 223 g/mol. The van der Waals surface area contributed by atoms with E-state index in [1.54, 1.807) is 4.68 Å². The van der Waals surface area contributed by atoms with Crippen molar-refractivity contribution in [3.63, 3.8) is 0 Å². The Morgan fingerprint density at radius 1 is 1.62 bits per heavy atom. The molecule has 16 heavy (non-hydrogen) atoms. The highest BCUT2D eigenvalue weighted by molar-refractivity contribution is 5.80. The van der Waals surface area contributed by atoms with Crippen LogP contribution in [0.2, 0.25) is 0 Å². The van der Waals surface area contributed by atoms with Crippen LogP contribution in [0.25, 0.3) is 0 Å². The number of nitrogens with zero attached hydrogens (tertiary/aromatic N) is 2. The molecule has 1 aliphatic rings. The first-order valence-electron chi connectivity index (χ1n) is 5.57. The molecule has 0 saturated carbocycles. The summed E-state index contributed by atoms with van der Waals surface area (Å²) in [5.41, 5.74) is 6.55. The molecule has 2 rings (SSSR count). The minimum absolute atomic E-state index is 0.125. The van der Waals surface area contributed by atoms with Gasteiger partial charge in [-0.1, -0.05) is 0 Å². The summed E-state index contributed by atoms with van der Waals surface area (Å²) < 4.78 is 6.86. The fourth-order valence-corrected chi connectivity index (χ4v) is 1.93. The zero-order valence-electron chi connectivity index (χ0n) is 9.48. The molecule has 1 saturated heterocycles. The highest BCUT2D eigenvalue weighted by Gasteiger charge is 2.21. The molecule has 2 heterocycles. The van der Waals surface area contributed by atoms with E-state index in [1.165, 1.54) is 0 Å². The van der Waals surface area contributed by atoms with Gasteiger partial charge in [0.05, 0.1) is 6.54 Å². The lowest BCUT2D eigenvalue weighted by Crippen LogP contribution is -2.26. The molecule has 0 aliphatic carbocycles. The Morgan fingerprint density at radius 3 is 2.88 bits per heavy atom. The molecule has 0 spiro atoms. The molecule has 0 bridgehead atoms. The molecule has 88 valence electrons. The molecule has 5 heteroatoms. The lowest BCUT2D eigenvalue weighted by Gasteiger charge is -2.20. The zero-order chi connectivity index (χ0) is 11.5. The number of carbonyl (C=O) groups is 1. The topological polar surface area (TPSA) is 70.1 Å². The van der Waals surface area contributed by atoms with E-state index in [4.69, 9.17) is 10.5 Å². The predicted molar refractivity (Wildman–Crippen MR) is 59.9 cm³/mol. The SMILES string of the molecule is Cc1cn(CC(=O)C2CCOCC2)nc1N. The van der Waals surface area contributed by atoms with Gasteiger partial charge in [0.15, 0.2) is 5.78 Å². The molecule has 0 atom stereocenters. The van der Waals surface area contributed by atoms with Crippen LogP contribution in [0, 0.1) is 12.8 Å². The molecule has 2 N–H and O–H groups in total. The lowest BCUT2D eigenvalue weighted by atomic mass is 9.95. The van der Waals surface area contributed by atoms with E-state index in [-0.39, 0.29) is 11.7 Å². The number of anilines is 1. The quantitative estimate of drug-likeness (QED) is 0.821. The number of nitrogens with two attached hydrogens (primary N) is 1. The first-order valence-corrected chi connectivity index (χ1v) is 5.57. The molecule has 0 unspecified atom stereocenters. The second-order valence-electron chi connectivity index (χ2n) is 4.25. The van der Waals surface area contributed by atoms with Crippen LogP contribution in [0.15, 0.2) is 6.20 Å². The Kier molecular flexibility index (Phi) is 3.24. The summed E-state index contributed by atoms with van der Waals surface area (Å²) in [6, 6.07) is 0. The summed E-state index contributed by atoms with van der Waals surface area (Å²) in [4.78, 5) is 11.9. The van der Waals surface area contributed by atoms with E-state index in [0.29, 0.717) is 25.6 Å². The maximum atomic E-state index is 11.9. The Bertz CT molecular complexity index is 361. The Morgan fingerprint density at radius 2 is 2.31 bits per heavy atom. The van der Waals surface area contributed by atoms with Gasteiger partial charge in [0.1, 0.15) is 5.82 Å². The van der Waals surface area contributed by atoms with Gasteiger partial charge in [-0.2, -0.15) is 5.10 Å². The van der Waals surface area contributed by atoms with E-state index >= 15 is 0 Å². The minimum atomic E-state index is 0.125. The fourth-order valence-electron chi connectivity index (χ4n) is 1.93. The lowest BCUT2D eigenvalue weighted by molar-refractivity contribution is -0.126. The number of aromatic nitrogens is 2. The average Bonchev–Trinajstić information content (AvgIpc) is 2.59. The number of Topliss-reactive ketones (excluding diaryl/α,β-unsaturated/α-hetero) is 1. The van der Waals surface area contributed by atoms with Crippen LogP contribution in [0.4, 0.5) is 5.82 Å². The Balaban J connectivity index is 1.95. The number of rotatable bonds is 3. The van der Waals surface area contributed by atoms with Crippen molar-refractivity contribution in [3.05, 3.63) is 11.8 Å². The molecular formula is C11H17N3O2. The summed E-state index contributed by atoms with van der Waals surface area (Å²) in [6.07, 6.45) is 3.47. The smallest absolute Gasteiger partial charge is 0.157 e. The highest BCUT2D eigenvalue weighted by atomic mass is 16.5. The van der Waals surface area contributed by atoms with Crippen LogP contribution < -0.4 is 5.73 Å². The molecule has 1 aliphatic heterocycles. The number of ketones is 1. The van der Waals surface area contributed by atoms with Gasteiger partial charge < -0.3 is 10.5 Å². The predicted octanol–water partition coefficient (Wildman–Crippen LogP) is 0.769. The molecule has 1 aromatic rings. The van der Waals surface area contributed by atoms with Crippen molar-refractivity contribution in [2.75, 3.05) is 18.9 Å². The van der Waals surface area contributed by atoms with Crippen molar-refractivity contribution >= 4 is 11.6 Å². The van der Waals surface area contributed by atoms with Crippen LogP contribution in [0.1, 0.15) is 18.4 Å². The van der Waals surface area contributed by atoms with E-state index < -0.39 is 0 Å². The van der Waals surface area contributed by atoms with Crippen molar-refractivity contribution in [2.24, 2.45) is 5.92 Å². The fraction of sp³-hybridized carbons (Fsp3) is 0.636. The largest absolute Gasteiger partial charge is 0.382 e. The van der Waals surface area contributed by atoms with Crippen LogP contribution in [-0.4, -0.2) is 28.8 Å². The van der Waals surface area contributed by atoms with Crippen LogP contribution >= 0.6 is 0 Å². The first kappa shape index (κ1) is 11.1. The highest BCUT2D eigenvalue weighted by Crippen LogP contribution is 2.17. The molecular weight excluding hydrogens is 206 g/mol. The van der Waals surface area contributed by atoms with Gasteiger partial charge >= 0.3 is 0 Å². The first-order chi connectivity index (χ1) is 7.66. The van der Waals surface area contributed by atoms with Crippen LogP contribution in [0.3, 0.4) is 0 Å². The van der Waals surface area contributed by atoms with Crippen molar-refractivity contribution in [3.8, 4) is 0 Å². The van der Waals surface area contributed by atoms with Crippen molar-refractivity contribution < 1.29 is 9.53 Å². The molecule has 0 radical (unpaired) electrons. The third-order valence-electron chi connectivity index (χ3n) is 2.98. The second-order valence-corrected chi connectivity index (χ2v) is 4.25. The number of aryl methyl sites for hydroxylation is 1. The van der Waals surface area contributed by atoms with Gasteiger partial charge in [0.2, 0.25) is 0 Å². The molecule has 0 amide bonds. The van der Waals surface area contributed by atoms with Crippen molar-refractivity contribution in [1.82, 2.24) is 9.78 Å². The molecule has 1 aromatic heterocycles. The molecule has 5 nitrogen and oxygen atoms in total. The molecule has 0 aromatic carbocycles. The van der Waals surface area contributed by atoms with E-state index in [9.17, 15) is 4.79 Å². The number of carbonyl (C=O) groups excluding carboxylic acids is 1.